The highest BCUT2D eigenvalue weighted by Gasteiger charge is 2.24. The van der Waals surface area contributed by atoms with Gasteiger partial charge < -0.3 is 14.8 Å². The van der Waals surface area contributed by atoms with E-state index in [-0.39, 0.29) is 10.8 Å². The Bertz CT molecular complexity index is 863. The summed E-state index contributed by atoms with van der Waals surface area (Å²) in [5, 5.41) is 14.3. The maximum atomic E-state index is 12.1. The molecule has 6 nitrogen and oxygen atoms in total. The van der Waals surface area contributed by atoms with Crippen LogP contribution in [-0.4, -0.2) is 24.1 Å². The number of benzene rings is 1. The van der Waals surface area contributed by atoms with E-state index in [1.54, 1.807) is 17.5 Å². The molecule has 1 amide bonds. The van der Waals surface area contributed by atoms with Gasteiger partial charge in [0.25, 0.3) is 5.91 Å². The number of anilines is 1. The molecule has 2 atom stereocenters. The summed E-state index contributed by atoms with van der Waals surface area (Å²) in [7, 11) is 0. The zero-order valence-corrected chi connectivity index (χ0v) is 16.1. The van der Waals surface area contributed by atoms with Crippen molar-refractivity contribution in [3.63, 3.8) is 0 Å². The molecule has 0 radical (unpaired) electrons. The van der Waals surface area contributed by atoms with Crippen molar-refractivity contribution >= 4 is 51.4 Å². The number of halogens is 2. The molecule has 0 aliphatic heterocycles. The molecule has 1 aromatic carbocycles. The maximum absolute atomic E-state index is 12.1. The van der Waals surface area contributed by atoms with Crippen LogP contribution in [0.15, 0.2) is 29.6 Å². The summed E-state index contributed by atoms with van der Waals surface area (Å²) < 4.78 is 10.6. The molecule has 0 unspecified atom stereocenters. The predicted molar refractivity (Wildman–Crippen MR) is 99.8 cm³/mol. The second-order valence-electron chi connectivity index (χ2n) is 5.18. The molecule has 0 aliphatic rings. The van der Waals surface area contributed by atoms with Gasteiger partial charge in [0.2, 0.25) is 0 Å². The van der Waals surface area contributed by atoms with E-state index in [9.17, 15) is 9.59 Å². The van der Waals surface area contributed by atoms with Crippen LogP contribution in [0.3, 0.4) is 0 Å². The van der Waals surface area contributed by atoms with Crippen molar-refractivity contribution in [2.24, 2.45) is 0 Å². The number of carbonyl (C=O) groups excluding carboxylic acids is 2. The third kappa shape index (κ3) is 5.11. The van der Waals surface area contributed by atoms with Gasteiger partial charge in [0, 0.05) is 5.02 Å². The Morgan fingerprint density at radius 3 is 2.62 bits per heavy atom. The molecule has 26 heavy (non-hydrogen) atoms. The average molecular weight is 413 g/mol. The summed E-state index contributed by atoms with van der Waals surface area (Å²) in [6.45, 7) is 2.90. The van der Waals surface area contributed by atoms with Gasteiger partial charge in [0.1, 0.15) is 16.8 Å². The van der Waals surface area contributed by atoms with Gasteiger partial charge in [0.15, 0.2) is 12.2 Å². The molecule has 136 valence electrons. The smallest absolute Gasteiger partial charge is 0.347 e. The highest BCUT2D eigenvalue weighted by atomic mass is 35.5. The van der Waals surface area contributed by atoms with Crippen LogP contribution in [0.5, 0.6) is 5.75 Å². The summed E-state index contributed by atoms with van der Waals surface area (Å²) in [6.07, 6.45) is -2.05. The minimum absolute atomic E-state index is 0.254. The van der Waals surface area contributed by atoms with E-state index in [0.717, 1.165) is 0 Å². The van der Waals surface area contributed by atoms with Crippen molar-refractivity contribution in [1.29, 1.82) is 5.26 Å². The highest BCUT2D eigenvalue weighted by molar-refractivity contribution is 7.14. The molecule has 1 heterocycles. The number of nitriles is 1. The molecular weight excluding hydrogens is 399 g/mol. The Morgan fingerprint density at radius 1 is 1.23 bits per heavy atom. The van der Waals surface area contributed by atoms with Crippen LogP contribution in [0.2, 0.25) is 10.0 Å². The van der Waals surface area contributed by atoms with E-state index in [2.05, 4.69) is 5.32 Å². The fourth-order valence-corrected chi connectivity index (χ4v) is 3.03. The van der Waals surface area contributed by atoms with Gasteiger partial charge in [-0.15, -0.1) is 11.3 Å². The Kier molecular flexibility index (Phi) is 6.86. The van der Waals surface area contributed by atoms with Crippen LogP contribution < -0.4 is 10.1 Å². The van der Waals surface area contributed by atoms with Gasteiger partial charge in [-0.1, -0.05) is 23.2 Å². The number of nitrogens with zero attached hydrogens (tertiary/aromatic N) is 1. The monoisotopic (exact) mass is 412 g/mol. The van der Waals surface area contributed by atoms with E-state index in [1.807, 2.05) is 6.07 Å². The normalized spacial score (nSPS) is 12.6. The number of rotatable bonds is 6. The van der Waals surface area contributed by atoms with Gasteiger partial charge in [-0.3, -0.25) is 4.79 Å². The minimum atomic E-state index is -1.07. The number of thiophene rings is 1. The standard InChI is InChI=1S/C17H14Cl2N2O4S/c1-9(15(22)21-16-11(8-20)5-6-26-16)25-17(23)10(2)24-14-4-3-12(18)7-13(14)19/h3-7,9-10H,1-2H3,(H,21,22)/t9-,10+/m1/s1. The fraction of sp³-hybridized carbons (Fsp3) is 0.235. The number of amides is 1. The molecule has 0 fully saturated rings. The number of hydrogen-bond acceptors (Lipinski definition) is 6. The lowest BCUT2D eigenvalue weighted by molar-refractivity contribution is -0.159. The molecule has 0 aliphatic carbocycles. The number of esters is 1. The molecule has 2 aromatic rings. The highest BCUT2D eigenvalue weighted by Crippen LogP contribution is 2.28. The second-order valence-corrected chi connectivity index (χ2v) is 6.94. The summed E-state index contributed by atoms with van der Waals surface area (Å²) in [5.41, 5.74) is 0.343. The van der Waals surface area contributed by atoms with Crippen molar-refractivity contribution < 1.29 is 19.1 Å². The van der Waals surface area contributed by atoms with Gasteiger partial charge in [0.05, 0.1) is 10.6 Å². The lowest BCUT2D eigenvalue weighted by Crippen LogP contribution is -2.35. The molecule has 1 N–H and O–H groups in total. The van der Waals surface area contributed by atoms with Gasteiger partial charge in [-0.25, -0.2) is 4.79 Å². The molecule has 2 rings (SSSR count). The first-order valence-electron chi connectivity index (χ1n) is 7.42. The summed E-state index contributed by atoms with van der Waals surface area (Å²) in [4.78, 5) is 24.2. The Labute approximate surface area is 164 Å². The largest absolute Gasteiger partial charge is 0.477 e. The first-order chi connectivity index (χ1) is 12.3. The predicted octanol–water partition coefficient (Wildman–Crippen LogP) is 4.26. The third-order valence-electron chi connectivity index (χ3n) is 3.21. The van der Waals surface area contributed by atoms with Crippen molar-refractivity contribution in [3.8, 4) is 11.8 Å². The Balaban J connectivity index is 1.93. The Morgan fingerprint density at radius 2 is 1.96 bits per heavy atom. The van der Waals surface area contributed by atoms with E-state index >= 15 is 0 Å². The number of nitrogens with one attached hydrogen (secondary N) is 1. The van der Waals surface area contributed by atoms with E-state index in [0.29, 0.717) is 15.6 Å². The molecule has 1 aromatic heterocycles. The lowest BCUT2D eigenvalue weighted by atomic mass is 10.3. The SMILES string of the molecule is C[C@H](Oc1ccc(Cl)cc1Cl)C(=O)O[C@H](C)C(=O)Nc1sccc1C#N. The summed E-state index contributed by atoms with van der Waals surface area (Å²) in [6, 6.07) is 8.14. The van der Waals surface area contributed by atoms with E-state index in [4.69, 9.17) is 37.9 Å². The van der Waals surface area contributed by atoms with Crippen LogP contribution >= 0.6 is 34.5 Å². The van der Waals surface area contributed by atoms with Gasteiger partial charge in [-0.05, 0) is 43.5 Å². The van der Waals surface area contributed by atoms with Crippen molar-refractivity contribution in [3.05, 3.63) is 45.3 Å². The minimum Gasteiger partial charge on any atom is -0.477 e. The first-order valence-corrected chi connectivity index (χ1v) is 9.06. The topological polar surface area (TPSA) is 88.4 Å². The number of ether oxygens (including phenoxy) is 2. The molecular formula is C17H14Cl2N2O4S. The van der Waals surface area contributed by atoms with Crippen LogP contribution in [0.1, 0.15) is 19.4 Å². The van der Waals surface area contributed by atoms with Crippen molar-refractivity contribution in [2.75, 3.05) is 5.32 Å². The Hall–Kier alpha value is -2.27. The van der Waals surface area contributed by atoms with Crippen LogP contribution in [0.4, 0.5) is 5.00 Å². The third-order valence-corrected chi connectivity index (χ3v) is 4.57. The van der Waals surface area contributed by atoms with Crippen LogP contribution in [0.25, 0.3) is 0 Å². The van der Waals surface area contributed by atoms with Crippen LogP contribution in [-0.2, 0) is 14.3 Å². The molecule has 9 heteroatoms. The maximum Gasteiger partial charge on any atom is 0.347 e. The molecule has 0 saturated carbocycles. The quantitative estimate of drug-likeness (QED) is 0.715. The van der Waals surface area contributed by atoms with E-state index in [1.165, 1.54) is 37.3 Å². The summed E-state index contributed by atoms with van der Waals surface area (Å²) in [5.74, 6) is -1.01. The van der Waals surface area contributed by atoms with Crippen molar-refractivity contribution in [2.45, 2.75) is 26.1 Å². The second kappa shape index (κ2) is 8.90. The van der Waals surface area contributed by atoms with Crippen molar-refractivity contribution in [1.82, 2.24) is 0 Å². The molecule has 0 spiro atoms. The fourth-order valence-electron chi connectivity index (χ4n) is 1.84. The van der Waals surface area contributed by atoms with Crippen LogP contribution in [0, 0.1) is 11.3 Å². The molecule has 0 saturated heterocycles. The first kappa shape index (κ1) is 20.0. The zero-order valence-electron chi connectivity index (χ0n) is 13.8. The van der Waals surface area contributed by atoms with Gasteiger partial charge in [-0.2, -0.15) is 5.26 Å². The molecule has 0 bridgehead atoms. The van der Waals surface area contributed by atoms with Gasteiger partial charge >= 0.3 is 5.97 Å². The average Bonchev–Trinajstić information content (AvgIpc) is 3.04. The van der Waals surface area contributed by atoms with E-state index < -0.39 is 24.1 Å². The summed E-state index contributed by atoms with van der Waals surface area (Å²) >= 11 is 13.0. The zero-order chi connectivity index (χ0) is 19.3. The lowest BCUT2D eigenvalue weighted by Gasteiger charge is -2.18. The number of hydrogen-bond donors (Lipinski definition) is 1. The number of carbonyl (C=O) groups is 2.